The molecule has 0 aliphatic rings. The fourth-order valence-corrected chi connectivity index (χ4v) is 1.10. The highest BCUT2D eigenvalue weighted by molar-refractivity contribution is 5.66. The van der Waals surface area contributed by atoms with Crippen LogP contribution in [0.1, 0.15) is 40.0 Å². The van der Waals surface area contributed by atoms with Gasteiger partial charge in [0.2, 0.25) is 0 Å². The molecule has 3 nitrogen and oxygen atoms in total. The first-order valence-electron chi connectivity index (χ1n) is 5.31. The molecule has 1 N–H and O–H groups in total. The summed E-state index contributed by atoms with van der Waals surface area (Å²) >= 11 is 0. The first kappa shape index (κ1) is 13.9. The third-order valence-corrected chi connectivity index (χ3v) is 1.99. The molecule has 0 aliphatic carbocycles. The fraction of sp³-hybridized carbons (Fsp3) is 0.667. The van der Waals surface area contributed by atoms with Crippen molar-refractivity contribution in [2.75, 3.05) is 6.61 Å². The second-order valence-electron chi connectivity index (χ2n) is 3.45. The van der Waals surface area contributed by atoms with Crippen molar-refractivity contribution in [1.82, 2.24) is 0 Å². The molecule has 0 radical (unpaired) electrons. The van der Waals surface area contributed by atoms with E-state index in [4.69, 9.17) is 9.84 Å². The zero-order valence-electron chi connectivity index (χ0n) is 9.75. The molecule has 0 amide bonds. The molecule has 15 heavy (non-hydrogen) atoms. The molecule has 0 aromatic rings. The van der Waals surface area contributed by atoms with Gasteiger partial charge in [0, 0.05) is 12.5 Å². The van der Waals surface area contributed by atoms with Crippen molar-refractivity contribution >= 4 is 5.97 Å². The second-order valence-corrected chi connectivity index (χ2v) is 3.45. The van der Waals surface area contributed by atoms with Crippen molar-refractivity contribution in [2.45, 2.75) is 46.1 Å². The highest BCUT2D eigenvalue weighted by Crippen LogP contribution is 2.05. The highest BCUT2D eigenvalue weighted by atomic mass is 16.5. The summed E-state index contributed by atoms with van der Waals surface area (Å²) in [6.45, 7) is 5.06. The van der Waals surface area contributed by atoms with Gasteiger partial charge in [0.15, 0.2) is 6.10 Å². The summed E-state index contributed by atoms with van der Waals surface area (Å²) in [4.78, 5) is 10.7. The molecular formula is C12H20O3. The van der Waals surface area contributed by atoms with E-state index >= 15 is 0 Å². The van der Waals surface area contributed by atoms with Gasteiger partial charge in [-0.1, -0.05) is 13.3 Å². The smallest absolute Gasteiger partial charge is 0.303 e. The zero-order chi connectivity index (χ0) is 11.7. The quantitative estimate of drug-likeness (QED) is 0.417. The van der Waals surface area contributed by atoms with Crippen LogP contribution in [0.4, 0.5) is 0 Å². The van der Waals surface area contributed by atoms with E-state index in [2.05, 4.69) is 12.7 Å². The van der Waals surface area contributed by atoms with E-state index in [-0.39, 0.29) is 12.6 Å². The number of hydrogen-bond acceptors (Lipinski definition) is 3. The van der Waals surface area contributed by atoms with E-state index < -0.39 is 6.10 Å². The summed E-state index contributed by atoms with van der Waals surface area (Å²) in [5.74, 6) is -0.385. The Morgan fingerprint density at radius 2 is 2.20 bits per heavy atom. The van der Waals surface area contributed by atoms with E-state index in [0.29, 0.717) is 0 Å². The molecule has 0 saturated heterocycles. The molecule has 0 bridgehead atoms. The van der Waals surface area contributed by atoms with Crippen LogP contribution in [0.15, 0.2) is 17.4 Å². The summed E-state index contributed by atoms with van der Waals surface area (Å²) < 4.78 is 4.91. The van der Waals surface area contributed by atoms with E-state index in [1.54, 1.807) is 6.92 Å². The lowest BCUT2D eigenvalue weighted by molar-refractivity contribution is -0.146. The zero-order valence-corrected chi connectivity index (χ0v) is 9.75. The standard InChI is InChI=1S/C12H20O3/c1-4-5-6-7-8-10(2)12(9-13)15-11(3)14/h7,12-13H,4-6,9H2,1-3H3. The van der Waals surface area contributed by atoms with Crippen LogP contribution in [0, 0.1) is 0 Å². The van der Waals surface area contributed by atoms with Crippen LogP contribution in [0.2, 0.25) is 0 Å². The third kappa shape index (κ3) is 6.95. The number of carbonyl (C=O) groups is 1. The minimum atomic E-state index is -0.555. The number of unbranched alkanes of at least 4 members (excludes halogenated alkanes) is 2. The van der Waals surface area contributed by atoms with Crippen LogP contribution >= 0.6 is 0 Å². The number of aliphatic hydroxyl groups is 1. The largest absolute Gasteiger partial charge is 0.455 e. The van der Waals surface area contributed by atoms with E-state index in [9.17, 15) is 4.79 Å². The SMILES string of the molecule is CCCCC=C=C(C)C(CO)OC(C)=O. The van der Waals surface area contributed by atoms with Crippen molar-refractivity contribution < 1.29 is 14.6 Å². The van der Waals surface area contributed by atoms with E-state index in [1.165, 1.54) is 6.92 Å². The van der Waals surface area contributed by atoms with Crippen LogP contribution in [0.25, 0.3) is 0 Å². The summed E-state index contributed by atoms with van der Waals surface area (Å²) in [5.41, 5.74) is 3.78. The molecule has 86 valence electrons. The number of carbonyl (C=O) groups excluding carboxylic acids is 1. The number of aliphatic hydroxyl groups excluding tert-OH is 1. The fourth-order valence-electron chi connectivity index (χ4n) is 1.10. The van der Waals surface area contributed by atoms with Crippen LogP contribution in [-0.2, 0) is 9.53 Å². The Morgan fingerprint density at radius 3 is 2.67 bits per heavy atom. The van der Waals surface area contributed by atoms with E-state index in [0.717, 1.165) is 24.8 Å². The van der Waals surface area contributed by atoms with Gasteiger partial charge in [-0.15, -0.1) is 5.73 Å². The maximum Gasteiger partial charge on any atom is 0.303 e. The number of rotatable bonds is 6. The van der Waals surface area contributed by atoms with Crippen LogP contribution in [0.3, 0.4) is 0 Å². The average Bonchev–Trinajstić information content (AvgIpc) is 2.20. The predicted octanol–water partition coefficient (Wildman–Crippen LogP) is 2.20. The monoisotopic (exact) mass is 212 g/mol. The first-order valence-corrected chi connectivity index (χ1v) is 5.31. The Hall–Kier alpha value is -1.05. The van der Waals surface area contributed by atoms with Crippen molar-refractivity contribution in [3.05, 3.63) is 17.4 Å². The molecule has 0 aromatic heterocycles. The third-order valence-electron chi connectivity index (χ3n) is 1.99. The Labute approximate surface area is 91.4 Å². The van der Waals surface area contributed by atoms with Crippen molar-refractivity contribution in [3.8, 4) is 0 Å². The maximum absolute atomic E-state index is 10.7. The lowest BCUT2D eigenvalue weighted by Crippen LogP contribution is -2.21. The molecule has 0 spiro atoms. The summed E-state index contributed by atoms with van der Waals surface area (Å²) in [6, 6.07) is 0. The van der Waals surface area contributed by atoms with Gasteiger partial charge in [0.25, 0.3) is 0 Å². The van der Waals surface area contributed by atoms with Crippen LogP contribution in [0.5, 0.6) is 0 Å². The highest BCUT2D eigenvalue weighted by Gasteiger charge is 2.11. The van der Waals surface area contributed by atoms with Crippen molar-refractivity contribution in [1.29, 1.82) is 0 Å². The Morgan fingerprint density at radius 1 is 1.53 bits per heavy atom. The van der Waals surface area contributed by atoms with Gasteiger partial charge >= 0.3 is 5.97 Å². The molecule has 1 unspecified atom stereocenters. The maximum atomic E-state index is 10.7. The van der Waals surface area contributed by atoms with Gasteiger partial charge < -0.3 is 9.84 Å². The number of esters is 1. The minimum absolute atomic E-state index is 0.194. The van der Waals surface area contributed by atoms with Gasteiger partial charge in [-0.2, -0.15) is 0 Å². The molecule has 0 rings (SSSR count). The normalized spacial score (nSPS) is 11.5. The summed E-state index contributed by atoms with van der Waals surface area (Å²) in [5, 5.41) is 9.00. The lowest BCUT2D eigenvalue weighted by Gasteiger charge is -2.12. The van der Waals surface area contributed by atoms with Gasteiger partial charge in [-0.25, -0.2) is 0 Å². The van der Waals surface area contributed by atoms with Crippen LogP contribution in [-0.4, -0.2) is 23.8 Å². The molecular weight excluding hydrogens is 192 g/mol. The summed E-state index contributed by atoms with van der Waals surface area (Å²) in [6.07, 6.45) is 4.60. The Balaban J connectivity index is 4.28. The van der Waals surface area contributed by atoms with Gasteiger partial charge in [-0.3, -0.25) is 4.79 Å². The molecule has 0 heterocycles. The topological polar surface area (TPSA) is 46.5 Å². The molecule has 3 heteroatoms. The van der Waals surface area contributed by atoms with Gasteiger partial charge in [-0.05, 0) is 25.8 Å². The van der Waals surface area contributed by atoms with E-state index in [1.807, 2.05) is 6.08 Å². The van der Waals surface area contributed by atoms with Crippen LogP contribution < -0.4 is 0 Å². The van der Waals surface area contributed by atoms with Crippen molar-refractivity contribution in [3.63, 3.8) is 0 Å². The molecule has 0 aliphatic heterocycles. The molecule has 1 atom stereocenters. The predicted molar refractivity (Wildman–Crippen MR) is 59.4 cm³/mol. The lowest BCUT2D eigenvalue weighted by atomic mass is 10.1. The number of ether oxygens (including phenoxy) is 1. The summed E-state index contributed by atoms with van der Waals surface area (Å²) in [7, 11) is 0. The Kier molecular flexibility index (Phi) is 7.69. The number of hydrogen-bond donors (Lipinski definition) is 1. The average molecular weight is 212 g/mol. The van der Waals surface area contributed by atoms with Gasteiger partial charge in [0.1, 0.15) is 0 Å². The first-order chi connectivity index (χ1) is 7.11. The second kappa shape index (κ2) is 8.27. The molecule has 0 fully saturated rings. The minimum Gasteiger partial charge on any atom is -0.455 e. The molecule has 0 saturated carbocycles. The molecule has 0 aromatic carbocycles. The Bertz CT molecular complexity index is 250. The van der Waals surface area contributed by atoms with Crippen molar-refractivity contribution in [2.24, 2.45) is 0 Å². The van der Waals surface area contributed by atoms with Gasteiger partial charge in [0.05, 0.1) is 6.61 Å².